The van der Waals surface area contributed by atoms with Crippen molar-refractivity contribution in [2.45, 2.75) is 131 Å². The van der Waals surface area contributed by atoms with Crippen LogP contribution < -0.4 is 5.32 Å². The van der Waals surface area contributed by atoms with E-state index in [1.54, 1.807) is 0 Å². The van der Waals surface area contributed by atoms with E-state index in [0.717, 1.165) is 35.2 Å². The molecule has 242 valence electrons. The first-order valence-electron chi connectivity index (χ1n) is 16.1. The fraction of sp³-hybridized carbons (Fsp3) is 0.579. The Kier molecular flexibility index (Phi) is 12.7. The van der Waals surface area contributed by atoms with Crippen LogP contribution in [-0.2, 0) is 24.2 Å². The minimum Gasteiger partial charge on any atom is -0.469 e. The first-order valence-corrected chi connectivity index (χ1v) is 19.0. The Morgan fingerprint density at radius 2 is 1.45 bits per heavy atom. The topological polar surface area (TPSA) is 64.6 Å². The highest BCUT2D eigenvalue weighted by Gasteiger charge is 2.41. The number of amides is 1. The lowest BCUT2D eigenvalue weighted by Crippen LogP contribution is -2.46. The van der Waals surface area contributed by atoms with Crippen LogP contribution >= 0.6 is 0 Å². The number of hydrogen-bond acceptors (Lipinski definition) is 4. The van der Waals surface area contributed by atoms with E-state index in [-0.39, 0.29) is 46.7 Å². The van der Waals surface area contributed by atoms with E-state index in [4.69, 9.17) is 4.43 Å². The first kappa shape index (κ1) is 37.3. The van der Waals surface area contributed by atoms with Crippen molar-refractivity contribution in [2.24, 2.45) is 5.41 Å². The molecule has 6 heteroatoms. The maximum absolute atomic E-state index is 12.5. The molecule has 1 amide bonds. The number of carbonyl (C=O) groups excluding carboxylic acids is 2. The molecule has 0 saturated heterocycles. The van der Waals surface area contributed by atoms with Crippen LogP contribution in [0.2, 0.25) is 18.1 Å². The summed E-state index contributed by atoms with van der Waals surface area (Å²) in [7, 11) is -0.623. The minimum absolute atomic E-state index is 0.0948. The molecule has 0 aliphatic carbocycles. The summed E-state index contributed by atoms with van der Waals surface area (Å²) in [6.07, 6.45) is 2.71. The molecule has 2 aromatic rings. The first-order chi connectivity index (χ1) is 20.3. The molecule has 5 nitrogen and oxygen atoms in total. The van der Waals surface area contributed by atoms with Crippen molar-refractivity contribution in [1.82, 2.24) is 0 Å². The summed E-state index contributed by atoms with van der Waals surface area (Å²) in [6, 6.07) is 13.0. The highest BCUT2D eigenvalue weighted by molar-refractivity contribution is 6.74. The lowest BCUT2D eigenvalue weighted by atomic mass is 9.70. The molecule has 2 aromatic carbocycles. The van der Waals surface area contributed by atoms with Gasteiger partial charge in [0.05, 0.1) is 7.11 Å². The van der Waals surface area contributed by atoms with Gasteiger partial charge < -0.3 is 14.5 Å². The summed E-state index contributed by atoms with van der Waals surface area (Å²) in [5.74, 6) is 6.61. The van der Waals surface area contributed by atoms with Crippen LogP contribution in [0.3, 0.4) is 0 Å². The van der Waals surface area contributed by atoms with E-state index in [1.165, 1.54) is 18.2 Å². The number of aryl methyl sites for hydroxylation is 2. The number of ether oxygens (including phenoxy) is 1. The molecule has 0 aromatic heterocycles. The standard InChI is InChI=1S/C38H57NO4Si/c1-14-38(15-2,31-22-23-32(28(4)26-31)39-34(40)17-16-18-35(41)42-11)30-21-19-29(27(3)25-30)20-24-33(36(5,6)7)43-44(12,13)37(8,9)10/h19,21-23,25-26,33H,14-18H2,1-13H3,(H,39,40). The van der Waals surface area contributed by atoms with Gasteiger partial charge in [-0.15, -0.1) is 0 Å². The Labute approximate surface area is 269 Å². The van der Waals surface area contributed by atoms with Crippen molar-refractivity contribution in [3.05, 3.63) is 64.2 Å². The normalized spacial score (nSPS) is 13.1. The second-order valence-electron chi connectivity index (χ2n) is 14.7. The molecule has 2 rings (SSSR count). The molecule has 0 bridgehead atoms. The number of anilines is 1. The van der Waals surface area contributed by atoms with Gasteiger partial charge in [-0.3, -0.25) is 9.59 Å². The van der Waals surface area contributed by atoms with Crippen LogP contribution in [-0.4, -0.2) is 33.4 Å². The van der Waals surface area contributed by atoms with Gasteiger partial charge in [-0.25, -0.2) is 0 Å². The summed E-state index contributed by atoms with van der Waals surface area (Å²) < 4.78 is 11.5. The molecule has 0 saturated carbocycles. The molecule has 1 unspecified atom stereocenters. The largest absolute Gasteiger partial charge is 0.469 e. The Morgan fingerprint density at radius 1 is 0.886 bits per heavy atom. The lowest BCUT2D eigenvalue weighted by molar-refractivity contribution is -0.140. The number of benzene rings is 2. The number of carbonyl (C=O) groups is 2. The Balaban J connectivity index is 2.37. The van der Waals surface area contributed by atoms with Gasteiger partial charge in [-0.2, -0.15) is 0 Å². The van der Waals surface area contributed by atoms with Gasteiger partial charge in [0.2, 0.25) is 5.91 Å². The lowest BCUT2D eigenvalue weighted by Gasteiger charge is -2.41. The molecule has 0 radical (unpaired) electrons. The zero-order chi connectivity index (χ0) is 33.5. The van der Waals surface area contributed by atoms with E-state index >= 15 is 0 Å². The summed E-state index contributed by atoms with van der Waals surface area (Å²) >= 11 is 0. The summed E-state index contributed by atoms with van der Waals surface area (Å²) in [6.45, 7) is 26.7. The van der Waals surface area contributed by atoms with E-state index in [0.29, 0.717) is 6.42 Å². The molecule has 0 heterocycles. The van der Waals surface area contributed by atoms with Crippen LogP contribution in [0.4, 0.5) is 5.69 Å². The van der Waals surface area contributed by atoms with Gasteiger partial charge in [0.25, 0.3) is 0 Å². The van der Waals surface area contributed by atoms with Crippen LogP contribution in [0.15, 0.2) is 36.4 Å². The average Bonchev–Trinajstić information content (AvgIpc) is 2.92. The fourth-order valence-electron chi connectivity index (χ4n) is 5.18. The summed E-state index contributed by atoms with van der Waals surface area (Å²) in [5, 5.41) is 3.13. The second-order valence-corrected chi connectivity index (χ2v) is 19.5. The zero-order valence-electron chi connectivity index (χ0n) is 29.7. The molecule has 0 aliphatic rings. The quantitative estimate of drug-likeness (QED) is 0.155. The number of rotatable bonds is 11. The van der Waals surface area contributed by atoms with Gasteiger partial charge in [0.1, 0.15) is 6.10 Å². The van der Waals surface area contributed by atoms with Gasteiger partial charge in [0.15, 0.2) is 8.32 Å². The Bertz CT molecular complexity index is 1360. The highest BCUT2D eigenvalue weighted by Crippen LogP contribution is 2.41. The maximum Gasteiger partial charge on any atom is 0.305 e. The predicted molar refractivity (Wildman–Crippen MR) is 187 cm³/mol. The Hall–Kier alpha value is -2.88. The molecule has 1 atom stereocenters. The van der Waals surface area contributed by atoms with E-state index in [9.17, 15) is 9.59 Å². The summed E-state index contributed by atoms with van der Waals surface area (Å²) in [4.78, 5) is 23.9. The number of hydrogen-bond donors (Lipinski definition) is 1. The van der Waals surface area contributed by atoms with Crippen molar-refractivity contribution in [1.29, 1.82) is 0 Å². The summed E-state index contributed by atoms with van der Waals surface area (Å²) in [5.41, 5.74) is 6.26. The van der Waals surface area contributed by atoms with Crippen molar-refractivity contribution in [3.8, 4) is 11.8 Å². The van der Waals surface area contributed by atoms with Crippen molar-refractivity contribution in [2.75, 3.05) is 12.4 Å². The third kappa shape index (κ3) is 9.31. The monoisotopic (exact) mass is 619 g/mol. The van der Waals surface area contributed by atoms with Gasteiger partial charge in [0, 0.05) is 29.5 Å². The highest BCUT2D eigenvalue weighted by atomic mass is 28.4. The molecule has 1 N–H and O–H groups in total. The van der Waals surface area contributed by atoms with E-state index in [2.05, 4.69) is 128 Å². The van der Waals surface area contributed by atoms with Crippen molar-refractivity contribution in [3.63, 3.8) is 0 Å². The third-order valence-electron chi connectivity index (χ3n) is 9.39. The van der Waals surface area contributed by atoms with E-state index < -0.39 is 8.32 Å². The predicted octanol–water partition coefficient (Wildman–Crippen LogP) is 9.48. The van der Waals surface area contributed by atoms with Crippen LogP contribution in [0.5, 0.6) is 0 Å². The number of methoxy groups -OCH3 is 1. The molecular formula is C38H57NO4Si. The second kappa shape index (κ2) is 14.9. The average molecular weight is 620 g/mol. The number of nitrogens with one attached hydrogen (secondary N) is 1. The van der Waals surface area contributed by atoms with Gasteiger partial charge >= 0.3 is 5.97 Å². The molecule has 0 aliphatic heterocycles. The van der Waals surface area contributed by atoms with E-state index in [1.807, 2.05) is 13.0 Å². The zero-order valence-corrected chi connectivity index (χ0v) is 30.7. The number of esters is 1. The smallest absolute Gasteiger partial charge is 0.305 e. The SMILES string of the molecule is CCC(CC)(c1ccc(C#CC(O[Si](C)(C)C(C)(C)C)C(C)(C)C)c(C)c1)c1ccc(NC(=O)CCCC(=O)OC)c(C)c1. The molecule has 0 fully saturated rings. The van der Waals surface area contributed by atoms with Crippen molar-refractivity contribution >= 4 is 25.9 Å². The minimum atomic E-state index is -1.98. The van der Waals surface area contributed by atoms with Gasteiger partial charge in [-0.05, 0) is 91.0 Å². The fourth-order valence-corrected chi connectivity index (χ4v) is 6.54. The van der Waals surface area contributed by atoms with Gasteiger partial charge in [-0.1, -0.05) is 91.5 Å². The van der Waals surface area contributed by atoms with Crippen LogP contribution in [0.1, 0.15) is 115 Å². The van der Waals surface area contributed by atoms with Crippen LogP contribution in [0.25, 0.3) is 0 Å². The molecule has 0 spiro atoms. The van der Waals surface area contributed by atoms with Crippen LogP contribution in [0, 0.1) is 31.1 Å². The molecular weight excluding hydrogens is 563 g/mol. The molecule has 44 heavy (non-hydrogen) atoms. The third-order valence-corrected chi connectivity index (χ3v) is 13.8. The Morgan fingerprint density at radius 3 is 1.93 bits per heavy atom. The van der Waals surface area contributed by atoms with Crippen molar-refractivity contribution < 1.29 is 18.8 Å². The maximum atomic E-state index is 12.5.